The first-order valence-corrected chi connectivity index (χ1v) is 7.78. The van der Waals surface area contributed by atoms with E-state index < -0.39 is 17.1 Å². The number of hydrogen-bond acceptors (Lipinski definition) is 2. The zero-order valence-corrected chi connectivity index (χ0v) is 13.2. The lowest BCUT2D eigenvalue weighted by Gasteiger charge is -2.30. The SMILES string of the molecule is CC(C)(C(=O)Nc1ccccc1F)C(=O)N1CCCCCC1. The van der Waals surface area contributed by atoms with Crippen LogP contribution < -0.4 is 5.32 Å². The highest BCUT2D eigenvalue weighted by molar-refractivity contribution is 6.09. The third-order valence-electron chi connectivity index (χ3n) is 4.12. The number of anilines is 1. The normalized spacial score (nSPS) is 16.0. The van der Waals surface area contributed by atoms with Gasteiger partial charge in [-0.3, -0.25) is 9.59 Å². The molecule has 0 aromatic heterocycles. The third-order valence-corrected chi connectivity index (χ3v) is 4.12. The average molecular weight is 306 g/mol. The van der Waals surface area contributed by atoms with Crippen LogP contribution in [-0.2, 0) is 9.59 Å². The molecule has 1 fully saturated rings. The van der Waals surface area contributed by atoms with E-state index in [0.717, 1.165) is 25.7 Å². The Balaban J connectivity index is 2.09. The van der Waals surface area contributed by atoms with Gasteiger partial charge in [0, 0.05) is 13.1 Å². The molecular weight excluding hydrogens is 283 g/mol. The van der Waals surface area contributed by atoms with E-state index in [4.69, 9.17) is 0 Å². The number of benzene rings is 1. The molecule has 1 saturated heterocycles. The quantitative estimate of drug-likeness (QED) is 0.872. The summed E-state index contributed by atoms with van der Waals surface area (Å²) >= 11 is 0. The third kappa shape index (κ3) is 3.64. The molecule has 120 valence electrons. The van der Waals surface area contributed by atoms with Crippen LogP contribution in [0.15, 0.2) is 24.3 Å². The van der Waals surface area contributed by atoms with Crippen molar-refractivity contribution in [2.24, 2.45) is 5.41 Å². The number of rotatable bonds is 3. The number of hydrogen-bond donors (Lipinski definition) is 1. The molecule has 2 amide bonds. The van der Waals surface area contributed by atoms with E-state index >= 15 is 0 Å². The molecule has 1 aromatic rings. The van der Waals surface area contributed by atoms with Gasteiger partial charge in [-0.1, -0.05) is 25.0 Å². The van der Waals surface area contributed by atoms with Crippen LogP contribution in [0.4, 0.5) is 10.1 Å². The minimum absolute atomic E-state index is 0.101. The van der Waals surface area contributed by atoms with Crippen molar-refractivity contribution < 1.29 is 14.0 Å². The number of amides is 2. The number of nitrogens with one attached hydrogen (secondary N) is 1. The van der Waals surface area contributed by atoms with Gasteiger partial charge in [-0.25, -0.2) is 4.39 Å². The summed E-state index contributed by atoms with van der Waals surface area (Å²) in [5.41, 5.74) is -1.11. The smallest absolute Gasteiger partial charge is 0.239 e. The van der Waals surface area contributed by atoms with E-state index in [1.165, 1.54) is 12.1 Å². The van der Waals surface area contributed by atoms with Gasteiger partial charge in [0.2, 0.25) is 11.8 Å². The summed E-state index contributed by atoms with van der Waals surface area (Å²) in [5, 5.41) is 2.52. The van der Waals surface area contributed by atoms with Crippen molar-refractivity contribution in [2.45, 2.75) is 39.5 Å². The van der Waals surface area contributed by atoms with Crippen LogP contribution >= 0.6 is 0 Å². The van der Waals surface area contributed by atoms with Crippen LogP contribution in [0.5, 0.6) is 0 Å². The van der Waals surface area contributed by atoms with Crippen LogP contribution in [0.2, 0.25) is 0 Å². The Morgan fingerprint density at radius 1 is 1.09 bits per heavy atom. The summed E-state index contributed by atoms with van der Waals surface area (Å²) in [6.45, 7) is 4.57. The van der Waals surface area contributed by atoms with Gasteiger partial charge in [0.15, 0.2) is 0 Å². The summed E-state index contributed by atoms with van der Waals surface area (Å²) < 4.78 is 13.6. The van der Waals surface area contributed by atoms with Gasteiger partial charge in [0.05, 0.1) is 5.69 Å². The predicted octanol–water partition coefficient (Wildman–Crippen LogP) is 3.19. The molecule has 1 aliphatic heterocycles. The topological polar surface area (TPSA) is 49.4 Å². The molecule has 2 rings (SSSR count). The maximum atomic E-state index is 13.6. The summed E-state index contributed by atoms with van der Waals surface area (Å²) in [6.07, 6.45) is 4.17. The van der Waals surface area contributed by atoms with Crippen molar-refractivity contribution in [1.82, 2.24) is 4.90 Å². The fourth-order valence-electron chi connectivity index (χ4n) is 2.61. The Labute approximate surface area is 130 Å². The molecule has 0 aliphatic carbocycles. The minimum Gasteiger partial charge on any atom is -0.342 e. The summed E-state index contributed by atoms with van der Waals surface area (Å²) in [7, 11) is 0. The average Bonchev–Trinajstić information content (AvgIpc) is 2.77. The van der Waals surface area contributed by atoms with Gasteiger partial charge in [-0.2, -0.15) is 0 Å². The fraction of sp³-hybridized carbons (Fsp3) is 0.529. The first kappa shape index (κ1) is 16.5. The van der Waals surface area contributed by atoms with Crippen molar-refractivity contribution in [3.63, 3.8) is 0 Å². The van der Waals surface area contributed by atoms with Crippen molar-refractivity contribution in [3.8, 4) is 0 Å². The van der Waals surface area contributed by atoms with Gasteiger partial charge in [-0.15, -0.1) is 0 Å². The zero-order valence-electron chi connectivity index (χ0n) is 13.2. The van der Waals surface area contributed by atoms with Gasteiger partial charge < -0.3 is 10.2 Å². The van der Waals surface area contributed by atoms with Crippen molar-refractivity contribution in [3.05, 3.63) is 30.1 Å². The first-order valence-electron chi connectivity index (χ1n) is 7.78. The van der Waals surface area contributed by atoms with Gasteiger partial charge in [0.25, 0.3) is 0 Å². The van der Waals surface area contributed by atoms with Crippen molar-refractivity contribution in [1.29, 1.82) is 0 Å². The van der Waals surface area contributed by atoms with E-state index in [2.05, 4.69) is 5.32 Å². The van der Waals surface area contributed by atoms with E-state index in [-0.39, 0.29) is 11.6 Å². The minimum atomic E-state index is -1.22. The number of carbonyl (C=O) groups excluding carboxylic acids is 2. The molecule has 0 radical (unpaired) electrons. The fourth-order valence-corrected chi connectivity index (χ4v) is 2.61. The largest absolute Gasteiger partial charge is 0.342 e. The molecule has 22 heavy (non-hydrogen) atoms. The lowest BCUT2D eigenvalue weighted by molar-refractivity contribution is -0.146. The number of carbonyl (C=O) groups is 2. The molecule has 5 heteroatoms. The van der Waals surface area contributed by atoms with Crippen LogP contribution in [0, 0.1) is 11.2 Å². The maximum Gasteiger partial charge on any atom is 0.239 e. The van der Waals surface area contributed by atoms with Crippen molar-refractivity contribution in [2.75, 3.05) is 18.4 Å². The summed E-state index contributed by atoms with van der Waals surface area (Å²) in [5.74, 6) is -1.18. The number of likely N-dealkylation sites (tertiary alicyclic amines) is 1. The summed E-state index contributed by atoms with van der Waals surface area (Å²) in [4.78, 5) is 26.8. The molecule has 1 heterocycles. The first-order chi connectivity index (χ1) is 10.4. The van der Waals surface area contributed by atoms with Gasteiger partial charge in [-0.05, 0) is 38.8 Å². The molecule has 1 aromatic carbocycles. The van der Waals surface area contributed by atoms with E-state index in [0.29, 0.717) is 13.1 Å². The van der Waals surface area contributed by atoms with Crippen LogP contribution in [0.3, 0.4) is 0 Å². The molecule has 0 spiro atoms. The second-order valence-corrected chi connectivity index (χ2v) is 6.27. The second-order valence-electron chi connectivity index (χ2n) is 6.27. The maximum absolute atomic E-state index is 13.6. The Bertz CT molecular complexity index is 549. The Kier molecular flexibility index (Phi) is 5.16. The molecule has 0 unspecified atom stereocenters. The predicted molar refractivity (Wildman–Crippen MR) is 83.9 cm³/mol. The molecular formula is C17H23FN2O2. The number of nitrogens with zero attached hydrogens (tertiary/aromatic N) is 1. The lowest BCUT2D eigenvalue weighted by atomic mass is 9.90. The molecule has 0 saturated carbocycles. The van der Waals surface area contributed by atoms with Gasteiger partial charge >= 0.3 is 0 Å². The summed E-state index contributed by atoms with van der Waals surface area (Å²) in [6, 6.07) is 5.96. The van der Waals surface area contributed by atoms with Crippen LogP contribution in [0.25, 0.3) is 0 Å². The highest BCUT2D eigenvalue weighted by Gasteiger charge is 2.39. The Hall–Kier alpha value is -1.91. The van der Waals surface area contributed by atoms with E-state index in [1.54, 1.807) is 30.9 Å². The standard InChI is InChI=1S/C17H23FN2O2/c1-17(2,16(22)20-11-7-3-4-8-12-20)15(21)19-14-10-6-5-9-13(14)18/h5-6,9-10H,3-4,7-8,11-12H2,1-2H3,(H,19,21). The number of halogens is 1. The Morgan fingerprint density at radius 2 is 1.68 bits per heavy atom. The Morgan fingerprint density at radius 3 is 2.27 bits per heavy atom. The molecule has 1 N–H and O–H groups in total. The molecule has 0 atom stereocenters. The molecule has 4 nitrogen and oxygen atoms in total. The highest BCUT2D eigenvalue weighted by atomic mass is 19.1. The van der Waals surface area contributed by atoms with Crippen molar-refractivity contribution >= 4 is 17.5 Å². The van der Waals surface area contributed by atoms with Crippen LogP contribution in [-0.4, -0.2) is 29.8 Å². The number of para-hydroxylation sites is 1. The highest BCUT2D eigenvalue weighted by Crippen LogP contribution is 2.24. The van der Waals surface area contributed by atoms with Gasteiger partial charge in [0.1, 0.15) is 11.2 Å². The van der Waals surface area contributed by atoms with E-state index in [1.807, 2.05) is 0 Å². The lowest BCUT2D eigenvalue weighted by Crippen LogP contribution is -2.47. The monoisotopic (exact) mass is 306 g/mol. The molecule has 1 aliphatic rings. The van der Waals surface area contributed by atoms with E-state index in [9.17, 15) is 14.0 Å². The second kappa shape index (κ2) is 6.90. The zero-order chi connectivity index (χ0) is 16.2. The molecule has 0 bridgehead atoms. The van der Waals surface area contributed by atoms with Crippen LogP contribution in [0.1, 0.15) is 39.5 Å².